The highest BCUT2D eigenvalue weighted by Gasteiger charge is 2.41. The maximum absolute atomic E-state index is 12.6. The Morgan fingerprint density at radius 2 is 2.00 bits per heavy atom. The summed E-state index contributed by atoms with van der Waals surface area (Å²) in [4.78, 5) is 48.7. The second kappa shape index (κ2) is 8.26. The Morgan fingerprint density at radius 3 is 2.61 bits per heavy atom. The first-order valence-electron chi connectivity index (χ1n) is 8.42. The van der Waals surface area contributed by atoms with Crippen LogP contribution in [0.5, 0.6) is 0 Å². The number of aryl methyl sites for hydroxylation is 1. The highest BCUT2D eigenvalue weighted by atomic mass is 32.2. The second-order valence-electron chi connectivity index (χ2n) is 6.14. The zero-order valence-corrected chi connectivity index (χ0v) is 15.7. The number of aliphatic carboxylic acids is 1. The molecule has 2 heterocycles. The zero-order valence-electron chi connectivity index (χ0n) is 14.9. The third-order valence-corrected chi connectivity index (χ3v) is 5.13. The summed E-state index contributed by atoms with van der Waals surface area (Å²) < 4.78 is 4.93. The monoisotopic (exact) mass is 403 g/mol. The molecule has 2 N–H and O–H groups in total. The SMILES string of the molecule is Cc1cc(N2C(=O)C[C@@H](Sc3ccc(NC(=O)CCC(=O)O)cc3)C2=O)no1. The fraction of sp³-hybridized carbons (Fsp3) is 0.278. The molecule has 10 heteroatoms. The van der Waals surface area contributed by atoms with Crippen LogP contribution in [-0.2, 0) is 19.2 Å². The van der Waals surface area contributed by atoms with Crippen LogP contribution in [0.3, 0.4) is 0 Å². The van der Waals surface area contributed by atoms with Gasteiger partial charge in [-0.15, -0.1) is 11.8 Å². The average Bonchev–Trinajstić information content (AvgIpc) is 3.17. The van der Waals surface area contributed by atoms with Gasteiger partial charge in [-0.25, -0.2) is 4.90 Å². The van der Waals surface area contributed by atoms with Gasteiger partial charge in [0.15, 0.2) is 5.82 Å². The Morgan fingerprint density at radius 1 is 1.29 bits per heavy atom. The van der Waals surface area contributed by atoms with Crippen molar-refractivity contribution in [2.24, 2.45) is 0 Å². The summed E-state index contributed by atoms with van der Waals surface area (Å²) in [5.41, 5.74) is 0.522. The standard InChI is InChI=1S/C18H17N3O6S/c1-10-8-14(20-27-10)21-16(23)9-13(18(21)26)28-12-4-2-11(3-5-12)19-15(22)6-7-17(24)25/h2-5,8,13H,6-7,9H2,1H3,(H,19,22)(H,24,25)/t13-/m1/s1. The van der Waals surface area contributed by atoms with Crippen molar-refractivity contribution < 1.29 is 28.8 Å². The van der Waals surface area contributed by atoms with Crippen molar-refractivity contribution >= 4 is 47.0 Å². The number of hydrogen-bond donors (Lipinski definition) is 2. The van der Waals surface area contributed by atoms with E-state index in [-0.39, 0.29) is 36.9 Å². The number of imide groups is 1. The maximum atomic E-state index is 12.6. The number of benzene rings is 1. The number of aromatic nitrogens is 1. The Balaban J connectivity index is 1.60. The summed E-state index contributed by atoms with van der Waals surface area (Å²) in [6.45, 7) is 1.68. The van der Waals surface area contributed by atoms with Crippen molar-refractivity contribution in [1.29, 1.82) is 0 Å². The van der Waals surface area contributed by atoms with Gasteiger partial charge in [0.2, 0.25) is 17.7 Å². The number of rotatable bonds is 7. The molecule has 1 atom stereocenters. The minimum Gasteiger partial charge on any atom is -0.481 e. The Hall–Kier alpha value is -3.14. The third-order valence-electron chi connectivity index (χ3n) is 3.93. The number of carboxylic acids is 1. The van der Waals surface area contributed by atoms with Crippen LogP contribution in [0.15, 0.2) is 39.8 Å². The van der Waals surface area contributed by atoms with E-state index in [1.807, 2.05) is 0 Å². The summed E-state index contributed by atoms with van der Waals surface area (Å²) >= 11 is 1.25. The van der Waals surface area contributed by atoms with Gasteiger partial charge >= 0.3 is 5.97 Å². The fourth-order valence-corrected chi connectivity index (χ4v) is 3.67. The largest absolute Gasteiger partial charge is 0.481 e. The molecule has 0 bridgehead atoms. The smallest absolute Gasteiger partial charge is 0.303 e. The molecule has 1 aliphatic heterocycles. The van der Waals surface area contributed by atoms with Gasteiger partial charge in [-0.1, -0.05) is 5.16 Å². The molecule has 9 nitrogen and oxygen atoms in total. The molecule has 1 fully saturated rings. The Labute approximate surface area is 164 Å². The highest BCUT2D eigenvalue weighted by Crippen LogP contribution is 2.34. The molecule has 0 unspecified atom stereocenters. The number of carbonyl (C=O) groups excluding carboxylic acids is 3. The molecule has 2 aromatic rings. The van der Waals surface area contributed by atoms with Gasteiger partial charge in [0.25, 0.3) is 0 Å². The first-order chi connectivity index (χ1) is 13.3. The molecule has 3 amide bonds. The number of hydrogen-bond acceptors (Lipinski definition) is 7. The summed E-state index contributed by atoms with van der Waals surface area (Å²) in [7, 11) is 0. The highest BCUT2D eigenvalue weighted by molar-refractivity contribution is 8.00. The van der Waals surface area contributed by atoms with Crippen molar-refractivity contribution in [2.75, 3.05) is 10.2 Å². The summed E-state index contributed by atoms with van der Waals surface area (Å²) in [5.74, 6) is -1.42. The lowest BCUT2D eigenvalue weighted by molar-refractivity contribution is -0.138. The molecule has 1 aromatic heterocycles. The van der Waals surface area contributed by atoms with Gasteiger partial charge in [-0.05, 0) is 31.2 Å². The van der Waals surface area contributed by atoms with E-state index < -0.39 is 17.1 Å². The number of nitrogens with zero attached hydrogens (tertiary/aromatic N) is 2. The van der Waals surface area contributed by atoms with E-state index in [1.165, 1.54) is 17.8 Å². The first-order valence-corrected chi connectivity index (χ1v) is 9.30. The molecule has 1 aromatic carbocycles. The van der Waals surface area contributed by atoms with E-state index in [1.54, 1.807) is 31.2 Å². The van der Waals surface area contributed by atoms with Crippen LogP contribution >= 0.6 is 11.8 Å². The van der Waals surface area contributed by atoms with Crippen LogP contribution in [0.4, 0.5) is 11.5 Å². The summed E-state index contributed by atoms with van der Waals surface area (Å²) in [6.07, 6.45) is -0.288. The van der Waals surface area contributed by atoms with E-state index in [9.17, 15) is 19.2 Å². The number of amides is 3. The van der Waals surface area contributed by atoms with E-state index in [0.29, 0.717) is 11.4 Å². The van der Waals surface area contributed by atoms with E-state index >= 15 is 0 Å². The molecule has 0 saturated carbocycles. The average molecular weight is 403 g/mol. The number of carbonyl (C=O) groups is 4. The zero-order chi connectivity index (χ0) is 20.3. The lowest BCUT2D eigenvalue weighted by Crippen LogP contribution is -2.31. The molecule has 1 aliphatic rings. The normalized spacial score (nSPS) is 16.5. The van der Waals surface area contributed by atoms with Crippen molar-refractivity contribution in [3.05, 3.63) is 36.1 Å². The Bertz CT molecular complexity index is 924. The minimum atomic E-state index is -1.03. The van der Waals surface area contributed by atoms with Crippen molar-refractivity contribution in [2.45, 2.75) is 36.3 Å². The molecule has 0 radical (unpaired) electrons. The minimum absolute atomic E-state index is 0.0586. The molecule has 0 aliphatic carbocycles. The van der Waals surface area contributed by atoms with Gasteiger partial charge in [0.1, 0.15) is 5.76 Å². The van der Waals surface area contributed by atoms with Gasteiger partial charge in [0.05, 0.1) is 11.7 Å². The van der Waals surface area contributed by atoms with Gasteiger partial charge in [-0.3, -0.25) is 19.2 Å². The molecule has 0 spiro atoms. The number of carboxylic acid groups (broad SMARTS) is 1. The van der Waals surface area contributed by atoms with Crippen molar-refractivity contribution in [3.63, 3.8) is 0 Å². The van der Waals surface area contributed by atoms with Crippen LogP contribution in [0.25, 0.3) is 0 Å². The number of anilines is 2. The molecule has 146 valence electrons. The van der Waals surface area contributed by atoms with E-state index in [2.05, 4.69) is 10.5 Å². The third kappa shape index (κ3) is 4.58. The first kappa shape index (κ1) is 19.6. The van der Waals surface area contributed by atoms with Crippen molar-refractivity contribution in [1.82, 2.24) is 5.16 Å². The topological polar surface area (TPSA) is 130 Å². The quantitative estimate of drug-likeness (QED) is 0.673. The van der Waals surface area contributed by atoms with Gasteiger partial charge in [-0.2, -0.15) is 0 Å². The van der Waals surface area contributed by atoms with Gasteiger partial charge < -0.3 is 14.9 Å². The second-order valence-corrected chi connectivity index (χ2v) is 7.42. The molecular weight excluding hydrogens is 386 g/mol. The number of nitrogens with one attached hydrogen (secondary N) is 1. The lowest BCUT2D eigenvalue weighted by atomic mass is 10.2. The predicted molar refractivity (Wildman–Crippen MR) is 99.9 cm³/mol. The lowest BCUT2D eigenvalue weighted by Gasteiger charge is -2.11. The summed E-state index contributed by atoms with van der Waals surface area (Å²) in [5, 5.41) is 14.4. The van der Waals surface area contributed by atoms with Crippen LogP contribution in [0, 0.1) is 6.92 Å². The maximum Gasteiger partial charge on any atom is 0.303 e. The van der Waals surface area contributed by atoms with E-state index in [4.69, 9.17) is 9.63 Å². The summed E-state index contributed by atoms with van der Waals surface area (Å²) in [6, 6.07) is 8.28. The molecule has 1 saturated heterocycles. The van der Waals surface area contributed by atoms with Gasteiger partial charge in [0, 0.05) is 29.5 Å². The van der Waals surface area contributed by atoms with E-state index in [0.717, 1.165) is 9.80 Å². The van der Waals surface area contributed by atoms with Crippen molar-refractivity contribution in [3.8, 4) is 0 Å². The Kier molecular flexibility index (Phi) is 5.78. The fourth-order valence-electron chi connectivity index (χ4n) is 2.62. The molecule has 28 heavy (non-hydrogen) atoms. The molecule has 3 rings (SSSR count). The van der Waals surface area contributed by atoms with Crippen LogP contribution < -0.4 is 10.2 Å². The molecular formula is C18H17N3O6S. The van der Waals surface area contributed by atoms with Crippen LogP contribution in [0.1, 0.15) is 25.0 Å². The predicted octanol–water partition coefficient (Wildman–Crippen LogP) is 2.21. The number of thioether (sulfide) groups is 1. The van der Waals surface area contributed by atoms with Crippen LogP contribution in [0.2, 0.25) is 0 Å². The van der Waals surface area contributed by atoms with Crippen LogP contribution in [-0.4, -0.2) is 39.2 Å².